The topological polar surface area (TPSA) is 55.4 Å². The molecule has 3 aromatic rings. The number of ether oxygens (including phenoxy) is 1. The first kappa shape index (κ1) is 19.4. The van der Waals surface area contributed by atoms with Crippen molar-refractivity contribution >= 4 is 28.2 Å². The highest BCUT2D eigenvalue weighted by Crippen LogP contribution is 2.38. The number of carbonyl (C=O) groups excluding carboxylic acids is 2. The van der Waals surface area contributed by atoms with Gasteiger partial charge in [-0.3, -0.25) is 4.79 Å². The maximum absolute atomic E-state index is 12.9. The number of rotatable bonds is 5. The van der Waals surface area contributed by atoms with Crippen molar-refractivity contribution in [3.63, 3.8) is 0 Å². The monoisotopic (exact) mass is 405 g/mol. The second kappa shape index (κ2) is 8.62. The highest BCUT2D eigenvalue weighted by Gasteiger charge is 2.27. The summed E-state index contributed by atoms with van der Waals surface area (Å²) in [5, 5.41) is 3.57. The van der Waals surface area contributed by atoms with Gasteiger partial charge in [-0.05, 0) is 61.4 Å². The third-order valence-electron chi connectivity index (χ3n) is 5.13. The quantitative estimate of drug-likeness (QED) is 0.552. The number of nitrogens with one attached hydrogen (secondary N) is 1. The average Bonchev–Trinajstić information content (AvgIpc) is 3.12. The molecule has 1 aromatic heterocycles. The van der Waals surface area contributed by atoms with Crippen LogP contribution in [0.4, 0.5) is 5.00 Å². The molecule has 4 nitrogen and oxygen atoms in total. The van der Waals surface area contributed by atoms with Gasteiger partial charge in [-0.15, -0.1) is 11.3 Å². The minimum Gasteiger partial charge on any atom is -0.462 e. The van der Waals surface area contributed by atoms with Gasteiger partial charge in [-0.2, -0.15) is 0 Å². The van der Waals surface area contributed by atoms with E-state index in [1.807, 2.05) is 54.6 Å². The molecular formula is C24H23NO3S. The summed E-state index contributed by atoms with van der Waals surface area (Å²) >= 11 is 1.51. The lowest BCUT2D eigenvalue weighted by atomic mass is 9.95. The largest absolute Gasteiger partial charge is 0.462 e. The number of fused-ring (bicyclic) bond motifs is 1. The van der Waals surface area contributed by atoms with E-state index in [4.69, 9.17) is 4.74 Å². The van der Waals surface area contributed by atoms with Gasteiger partial charge < -0.3 is 10.1 Å². The van der Waals surface area contributed by atoms with Crippen molar-refractivity contribution in [2.24, 2.45) is 0 Å². The third-order valence-corrected chi connectivity index (χ3v) is 6.34. The highest BCUT2D eigenvalue weighted by atomic mass is 32.1. The number of benzene rings is 2. The van der Waals surface area contributed by atoms with E-state index in [9.17, 15) is 9.59 Å². The van der Waals surface area contributed by atoms with Crippen LogP contribution < -0.4 is 5.32 Å². The molecule has 1 heterocycles. The van der Waals surface area contributed by atoms with E-state index in [1.165, 1.54) is 16.2 Å². The van der Waals surface area contributed by atoms with Crippen molar-refractivity contribution in [2.75, 3.05) is 11.9 Å². The van der Waals surface area contributed by atoms with Crippen molar-refractivity contribution in [1.29, 1.82) is 0 Å². The molecule has 0 unspecified atom stereocenters. The zero-order valence-corrected chi connectivity index (χ0v) is 17.2. The molecule has 1 aliphatic carbocycles. The lowest BCUT2D eigenvalue weighted by molar-refractivity contribution is 0.0526. The standard InChI is InChI=1S/C24H23NO3S/c1-2-28-24(27)21-19-10-6-7-11-20(19)29-23(21)25-22(26)18-14-12-17(13-15-18)16-8-4-3-5-9-16/h3-5,8-9,12-15H,2,6-7,10-11H2,1H3,(H,25,26). The molecule has 1 amide bonds. The Bertz CT molecular complexity index is 1020. The number of aryl methyl sites for hydroxylation is 1. The lowest BCUT2D eigenvalue weighted by Gasteiger charge is -2.12. The van der Waals surface area contributed by atoms with Crippen LogP contribution in [0.1, 0.15) is 50.9 Å². The number of esters is 1. The summed E-state index contributed by atoms with van der Waals surface area (Å²) < 4.78 is 5.26. The Kier molecular flexibility index (Phi) is 5.76. The van der Waals surface area contributed by atoms with E-state index in [-0.39, 0.29) is 11.9 Å². The Morgan fingerprint density at radius 3 is 2.38 bits per heavy atom. The number of hydrogen-bond acceptors (Lipinski definition) is 4. The van der Waals surface area contributed by atoms with Crippen LogP contribution in [-0.4, -0.2) is 18.5 Å². The molecule has 4 rings (SSSR count). The normalized spacial score (nSPS) is 12.9. The highest BCUT2D eigenvalue weighted by molar-refractivity contribution is 7.17. The van der Waals surface area contributed by atoms with Gasteiger partial charge in [0.25, 0.3) is 5.91 Å². The van der Waals surface area contributed by atoms with Crippen molar-refractivity contribution in [3.8, 4) is 11.1 Å². The summed E-state index contributed by atoms with van der Waals surface area (Å²) in [6.07, 6.45) is 3.99. The first-order chi connectivity index (χ1) is 14.2. The Balaban J connectivity index is 1.58. The molecule has 0 spiro atoms. The van der Waals surface area contributed by atoms with Crippen LogP contribution in [0.3, 0.4) is 0 Å². The second-order valence-electron chi connectivity index (χ2n) is 7.03. The Hall–Kier alpha value is -2.92. The molecule has 1 aliphatic rings. The van der Waals surface area contributed by atoms with Crippen LogP contribution in [-0.2, 0) is 17.6 Å². The Morgan fingerprint density at radius 2 is 1.66 bits per heavy atom. The number of carbonyl (C=O) groups is 2. The molecule has 2 aromatic carbocycles. The second-order valence-corrected chi connectivity index (χ2v) is 8.14. The molecule has 0 bridgehead atoms. The van der Waals surface area contributed by atoms with E-state index in [0.29, 0.717) is 22.7 Å². The van der Waals surface area contributed by atoms with Gasteiger partial charge in [-0.1, -0.05) is 42.5 Å². The average molecular weight is 406 g/mol. The summed E-state index contributed by atoms with van der Waals surface area (Å²) in [6.45, 7) is 2.11. The maximum atomic E-state index is 12.9. The molecular weight excluding hydrogens is 382 g/mol. The van der Waals surface area contributed by atoms with Gasteiger partial charge in [0.2, 0.25) is 0 Å². The molecule has 0 saturated heterocycles. The summed E-state index contributed by atoms with van der Waals surface area (Å²) in [7, 11) is 0. The first-order valence-electron chi connectivity index (χ1n) is 9.96. The molecule has 0 saturated carbocycles. The summed E-state index contributed by atoms with van der Waals surface area (Å²) in [6, 6.07) is 17.5. The fourth-order valence-corrected chi connectivity index (χ4v) is 4.97. The van der Waals surface area contributed by atoms with E-state index >= 15 is 0 Å². The van der Waals surface area contributed by atoms with Crippen LogP contribution in [0.15, 0.2) is 54.6 Å². The third kappa shape index (κ3) is 4.10. The van der Waals surface area contributed by atoms with Crippen LogP contribution in [0, 0.1) is 0 Å². The molecule has 0 fully saturated rings. The molecule has 5 heteroatoms. The zero-order valence-electron chi connectivity index (χ0n) is 16.4. The zero-order chi connectivity index (χ0) is 20.2. The molecule has 0 atom stereocenters. The van der Waals surface area contributed by atoms with E-state index in [2.05, 4.69) is 5.32 Å². The smallest absolute Gasteiger partial charge is 0.341 e. The predicted octanol–water partition coefficient (Wildman–Crippen LogP) is 5.72. The molecule has 29 heavy (non-hydrogen) atoms. The predicted molar refractivity (Wildman–Crippen MR) is 117 cm³/mol. The Morgan fingerprint density at radius 1 is 0.966 bits per heavy atom. The fourth-order valence-electron chi connectivity index (χ4n) is 3.69. The van der Waals surface area contributed by atoms with Crippen LogP contribution in [0.25, 0.3) is 11.1 Å². The lowest BCUT2D eigenvalue weighted by Crippen LogP contribution is -2.15. The van der Waals surface area contributed by atoms with Gasteiger partial charge in [-0.25, -0.2) is 4.79 Å². The van der Waals surface area contributed by atoms with Crippen molar-refractivity contribution < 1.29 is 14.3 Å². The molecule has 1 N–H and O–H groups in total. The van der Waals surface area contributed by atoms with Gasteiger partial charge >= 0.3 is 5.97 Å². The number of amides is 1. The molecule has 0 radical (unpaired) electrons. The van der Waals surface area contributed by atoms with Gasteiger partial charge in [0, 0.05) is 10.4 Å². The van der Waals surface area contributed by atoms with Gasteiger partial charge in [0.05, 0.1) is 12.2 Å². The Labute approximate surface area is 174 Å². The van der Waals surface area contributed by atoms with Crippen molar-refractivity contribution in [2.45, 2.75) is 32.6 Å². The number of thiophene rings is 1. The summed E-state index contributed by atoms with van der Waals surface area (Å²) in [5.41, 5.74) is 4.32. The van der Waals surface area contributed by atoms with Crippen molar-refractivity contribution in [3.05, 3.63) is 76.2 Å². The number of anilines is 1. The van der Waals surface area contributed by atoms with Gasteiger partial charge in [0.15, 0.2) is 0 Å². The first-order valence-corrected chi connectivity index (χ1v) is 10.8. The van der Waals surface area contributed by atoms with Crippen molar-refractivity contribution in [1.82, 2.24) is 0 Å². The minimum absolute atomic E-state index is 0.214. The van der Waals surface area contributed by atoms with Crippen LogP contribution in [0.2, 0.25) is 0 Å². The molecule has 0 aliphatic heterocycles. The van der Waals surface area contributed by atoms with Crippen LogP contribution >= 0.6 is 11.3 Å². The fraction of sp³-hybridized carbons (Fsp3) is 0.250. The molecule has 148 valence electrons. The van der Waals surface area contributed by atoms with Gasteiger partial charge in [0.1, 0.15) is 5.00 Å². The SMILES string of the molecule is CCOC(=O)c1c(NC(=O)c2ccc(-c3ccccc3)cc2)sc2c1CCCC2. The van der Waals surface area contributed by atoms with E-state index in [0.717, 1.165) is 42.4 Å². The maximum Gasteiger partial charge on any atom is 0.341 e. The number of hydrogen-bond donors (Lipinski definition) is 1. The van der Waals surface area contributed by atoms with E-state index in [1.54, 1.807) is 6.92 Å². The summed E-state index contributed by atoms with van der Waals surface area (Å²) in [4.78, 5) is 26.6. The van der Waals surface area contributed by atoms with E-state index < -0.39 is 0 Å². The minimum atomic E-state index is -0.346. The summed E-state index contributed by atoms with van der Waals surface area (Å²) in [5.74, 6) is -0.560. The van der Waals surface area contributed by atoms with Crippen LogP contribution in [0.5, 0.6) is 0 Å².